The SMILES string of the molecule is Cc1ccc(-c2csc(NC(=O)CSc3nc(C(C)(C)C)cs3)n2)cc1. The maximum absolute atomic E-state index is 12.2. The first-order valence-corrected chi connectivity index (χ1v) is 11.0. The van der Waals surface area contributed by atoms with Crippen molar-refractivity contribution in [3.05, 3.63) is 46.3 Å². The van der Waals surface area contributed by atoms with Crippen molar-refractivity contribution in [3.63, 3.8) is 0 Å². The van der Waals surface area contributed by atoms with Gasteiger partial charge in [-0.25, -0.2) is 9.97 Å². The number of anilines is 1. The van der Waals surface area contributed by atoms with Gasteiger partial charge in [0.05, 0.1) is 17.1 Å². The van der Waals surface area contributed by atoms with Crippen LogP contribution in [0.5, 0.6) is 0 Å². The number of aryl methyl sites for hydroxylation is 1. The van der Waals surface area contributed by atoms with Crippen molar-refractivity contribution in [1.29, 1.82) is 0 Å². The molecule has 0 radical (unpaired) electrons. The van der Waals surface area contributed by atoms with E-state index >= 15 is 0 Å². The number of carbonyl (C=O) groups is 1. The number of thiazole rings is 2. The fourth-order valence-electron chi connectivity index (χ4n) is 2.14. The monoisotopic (exact) mass is 403 g/mol. The van der Waals surface area contributed by atoms with Crippen LogP contribution < -0.4 is 5.32 Å². The smallest absolute Gasteiger partial charge is 0.236 e. The van der Waals surface area contributed by atoms with Crippen LogP contribution >= 0.6 is 34.4 Å². The minimum Gasteiger partial charge on any atom is -0.301 e. The summed E-state index contributed by atoms with van der Waals surface area (Å²) in [6.07, 6.45) is 0. The van der Waals surface area contributed by atoms with Crippen LogP contribution in [0.3, 0.4) is 0 Å². The first kappa shape index (κ1) is 19.1. The molecule has 1 N–H and O–H groups in total. The predicted octanol–water partition coefficient (Wildman–Crippen LogP) is 5.60. The summed E-state index contributed by atoms with van der Waals surface area (Å²) in [6.45, 7) is 8.47. The van der Waals surface area contributed by atoms with Crippen molar-refractivity contribution in [2.75, 3.05) is 11.1 Å². The van der Waals surface area contributed by atoms with Crippen LogP contribution in [0, 0.1) is 6.92 Å². The number of aromatic nitrogens is 2. The number of hydrogen-bond acceptors (Lipinski definition) is 6. The van der Waals surface area contributed by atoms with Gasteiger partial charge in [-0.15, -0.1) is 22.7 Å². The molecule has 3 aromatic rings. The van der Waals surface area contributed by atoms with Gasteiger partial charge in [-0.2, -0.15) is 0 Å². The number of nitrogens with zero attached hydrogens (tertiary/aromatic N) is 2. The zero-order chi connectivity index (χ0) is 18.7. The Bertz CT molecular complexity index is 891. The topological polar surface area (TPSA) is 54.9 Å². The molecule has 7 heteroatoms. The minimum atomic E-state index is -0.0627. The molecule has 2 heterocycles. The first-order chi connectivity index (χ1) is 12.3. The second-order valence-electron chi connectivity index (χ2n) is 6.99. The molecular formula is C19H21N3OS3. The largest absolute Gasteiger partial charge is 0.301 e. The van der Waals surface area contributed by atoms with Gasteiger partial charge in [-0.05, 0) is 6.92 Å². The summed E-state index contributed by atoms with van der Waals surface area (Å²) in [5.74, 6) is 0.267. The second kappa shape index (κ2) is 7.90. The summed E-state index contributed by atoms with van der Waals surface area (Å²) >= 11 is 4.49. The van der Waals surface area contributed by atoms with Gasteiger partial charge in [0.25, 0.3) is 0 Å². The average molecular weight is 404 g/mol. The number of nitrogens with one attached hydrogen (secondary N) is 1. The lowest BCUT2D eigenvalue weighted by Crippen LogP contribution is -2.14. The lowest BCUT2D eigenvalue weighted by Gasteiger charge is -2.14. The lowest BCUT2D eigenvalue weighted by atomic mass is 9.93. The Morgan fingerprint density at radius 2 is 1.85 bits per heavy atom. The van der Waals surface area contributed by atoms with Crippen LogP contribution in [0.25, 0.3) is 11.3 Å². The van der Waals surface area contributed by atoms with Gasteiger partial charge in [0.2, 0.25) is 5.91 Å². The molecule has 26 heavy (non-hydrogen) atoms. The maximum Gasteiger partial charge on any atom is 0.236 e. The normalized spacial score (nSPS) is 11.5. The molecule has 0 saturated heterocycles. The van der Waals surface area contributed by atoms with E-state index in [4.69, 9.17) is 0 Å². The summed E-state index contributed by atoms with van der Waals surface area (Å²) in [4.78, 5) is 21.3. The fraction of sp³-hybridized carbons (Fsp3) is 0.316. The van der Waals surface area contributed by atoms with Crippen LogP contribution in [0.2, 0.25) is 0 Å². The van der Waals surface area contributed by atoms with Crippen LogP contribution in [-0.2, 0) is 10.2 Å². The van der Waals surface area contributed by atoms with E-state index in [9.17, 15) is 4.79 Å². The molecule has 2 aromatic heterocycles. The van der Waals surface area contributed by atoms with Crippen LogP contribution in [0.15, 0.2) is 39.4 Å². The molecule has 0 aliphatic rings. The Balaban J connectivity index is 1.55. The van der Waals surface area contributed by atoms with E-state index in [1.165, 1.54) is 28.7 Å². The van der Waals surface area contributed by atoms with E-state index < -0.39 is 0 Å². The van der Waals surface area contributed by atoms with Crippen molar-refractivity contribution in [3.8, 4) is 11.3 Å². The zero-order valence-electron chi connectivity index (χ0n) is 15.2. The highest BCUT2D eigenvalue weighted by atomic mass is 32.2. The summed E-state index contributed by atoms with van der Waals surface area (Å²) in [7, 11) is 0. The van der Waals surface area contributed by atoms with Gasteiger partial charge in [-0.1, -0.05) is 62.4 Å². The molecule has 0 saturated carbocycles. The maximum atomic E-state index is 12.2. The van der Waals surface area contributed by atoms with Crippen molar-refractivity contribution < 1.29 is 4.79 Å². The Labute approximate surface area is 166 Å². The van der Waals surface area contributed by atoms with E-state index in [2.05, 4.69) is 60.5 Å². The molecule has 1 aromatic carbocycles. The summed E-state index contributed by atoms with van der Waals surface area (Å²) < 4.78 is 0.921. The van der Waals surface area contributed by atoms with E-state index in [0.717, 1.165) is 21.3 Å². The van der Waals surface area contributed by atoms with Gasteiger partial charge in [0.15, 0.2) is 9.47 Å². The number of thioether (sulfide) groups is 1. The predicted molar refractivity (Wildman–Crippen MR) is 112 cm³/mol. The highest BCUT2D eigenvalue weighted by molar-refractivity contribution is 8.01. The number of carbonyl (C=O) groups excluding carboxylic acids is 1. The molecule has 136 valence electrons. The Morgan fingerprint density at radius 3 is 2.50 bits per heavy atom. The standard InChI is InChI=1S/C19H21N3OS3/c1-12-5-7-13(8-6-12)14-9-24-17(20-14)22-16(23)11-26-18-21-15(10-25-18)19(2,3)4/h5-10H,11H2,1-4H3,(H,20,22,23). The molecule has 0 aliphatic heterocycles. The van der Waals surface area contributed by atoms with Crippen molar-refractivity contribution >= 4 is 45.5 Å². The molecular weight excluding hydrogens is 382 g/mol. The van der Waals surface area contributed by atoms with Crippen LogP contribution in [0.4, 0.5) is 5.13 Å². The molecule has 0 aliphatic carbocycles. The summed E-state index contributed by atoms with van der Waals surface area (Å²) in [5.41, 5.74) is 4.25. The Hall–Kier alpha value is -1.70. The van der Waals surface area contributed by atoms with Crippen molar-refractivity contribution in [2.45, 2.75) is 37.4 Å². The van der Waals surface area contributed by atoms with E-state index in [1.807, 2.05) is 17.5 Å². The molecule has 0 atom stereocenters. The number of rotatable bonds is 5. The van der Waals surface area contributed by atoms with Gasteiger partial charge < -0.3 is 5.32 Å². The Kier molecular flexibility index (Phi) is 5.79. The summed E-state index contributed by atoms with van der Waals surface area (Å²) in [6, 6.07) is 8.20. The zero-order valence-corrected chi connectivity index (χ0v) is 17.6. The Morgan fingerprint density at radius 1 is 1.12 bits per heavy atom. The molecule has 0 bridgehead atoms. The first-order valence-electron chi connectivity index (χ1n) is 8.22. The third kappa shape index (κ3) is 4.93. The average Bonchev–Trinajstić information content (AvgIpc) is 3.22. The minimum absolute atomic E-state index is 0.0326. The molecule has 3 rings (SSSR count). The molecule has 0 spiro atoms. The fourth-order valence-corrected chi connectivity index (χ4v) is 4.73. The third-order valence-electron chi connectivity index (χ3n) is 3.68. The molecule has 0 unspecified atom stereocenters. The number of amides is 1. The molecule has 4 nitrogen and oxygen atoms in total. The van der Waals surface area contributed by atoms with Crippen LogP contribution in [-0.4, -0.2) is 21.6 Å². The summed E-state index contributed by atoms with van der Waals surface area (Å²) in [5, 5.41) is 7.53. The quantitative estimate of drug-likeness (QED) is 0.563. The van der Waals surface area contributed by atoms with Gasteiger partial charge in [0, 0.05) is 21.7 Å². The second-order valence-corrected chi connectivity index (χ2v) is 9.93. The van der Waals surface area contributed by atoms with Crippen LogP contribution in [0.1, 0.15) is 32.0 Å². The van der Waals surface area contributed by atoms with Gasteiger partial charge in [0.1, 0.15) is 0 Å². The van der Waals surface area contributed by atoms with E-state index in [-0.39, 0.29) is 11.3 Å². The van der Waals surface area contributed by atoms with Crippen molar-refractivity contribution in [2.24, 2.45) is 0 Å². The number of benzene rings is 1. The third-order valence-corrected chi connectivity index (χ3v) is 6.45. The molecule has 1 amide bonds. The highest BCUT2D eigenvalue weighted by Gasteiger charge is 2.18. The van der Waals surface area contributed by atoms with E-state index in [1.54, 1.807) is 11.3 Å². The lowest BCUT2D eigenvalue weighted by molar-refractivity contribution is -0.113. The number of hydrogen-bond donors (Lipinski definition) is 1. The van der Waals surface area contributed by atoms with Gasteiger partial charge in [-0.3, -0.25) is 4.79 Å². The molecule has 0 fully saturated rings. The van der Waals surface area contributed by atoms with Gasteiger partial charge >= 0.3 is 0 Å². The van der Waals surface area contributed by atoms with Crippen molar-refractivity contribution in [1.82, 2.24) is 9.97 Å². The highest BCUT2D eigenvalue weighted by Crippen LogP contribution is 2.29. The van der Waals surface area contributed by atoms with E-state index in [0.29, 0.717) is 10.9 Å².